The first-order valence-electron chi connectivity index (χ1n) is 7.69. The predicted molar refractivity (Wildman–Crippen MR) is 88.0 cm³/mol. The number of ether oxygens (including phenoxy) is 4. The van der Waals surface area contributed by atoms with Crippen LogP contribution in [0.1, 0.15) is 28.4 Å². The first kappa shape index (κ1) is 15.3. The van der Waals surface area contributed by atoms with E-state index in [4.69, 9.17) is 18.9 Å². The second-order valence-electron chi connectivity index (χ2n) is 5.71. The summed E-state index contributed by atoms with van der Waals surface area (Å²) >= 11 is 0. The third-order valence-corrected chi connectivity index (χ3v) is 3.98. The summed E-state index contributed by atoms with van der Waals surface area (Å²) in [5, 5.41) is 0. The van der Waals surface area contributed by atoms with E-state index >= 15 is 0 Å². The van der Waals surface area contributed by atoms with Crippen LogP contribution >= 0.6 is 0 Å². The highest BCUT2D eigenvalue weighted by atomic mass is 16.7. The molecule has 0 N–H and O–H groups in total. The highest BCUT2D eigenvalue weighted by molar-refractivity contribution is 6.15. The second-order valence-corrected chi connectivity index (χ2v) is 5.71. The Bertz CT molecular complexity index is 941. The van der Waals surface area contributed by atoms with E-state index in [-0.39, 0.29) is 18.3 Å². The highest BCUT2D eigenvalue weighted by Gasteiger charge is 2.30. The molecule has 25 heavy (non-hydrogen) atoms. The number of carbonyl (C=O) groups excluding carboxylic acids is 2. The summed E-state index contributed by atoms with van der Waals surface area (Å²) in [7, 11) is 0. The average Bonchev–Trinajstić information content (AvgIpc) is 3.15. The van der Waals surface area contributed by atoms with Crippen molar-refractivity contribution in [2.24, 2.45) is 0 Å². The number of allylic oxidation sites excluding steroid dienone is 1. The summed E-state index contributed by atoms with van der Waals surface area (Å²) in [5.41, 5.74) is 1.81. The maximum absolute atomic E-state index is 12.6. The fourth-order valence-corrected chi connectivity index (χ4v) is 2.79. The molecule has 2 aliphatic rings. The van der Waals surface area contributed by atoms with Crippen molar-refractivity contribution in [2.45, 2.75) is 13.8 Å². The number of esters is 1. The first-order chi connectivity index (χ1) is 12.0. The van der Waals surface area contributed by atoms with E-state index in [9.17, 15) is 9.59 Å². The van der Waals surface area contributed by atoms with Crippen molar-refractivity contribution in [1.29, 1.82) is 0 Å². The normalized spacial score (nSPS) is 15.9. The minimum atomic E-state index is -0.427. The lowest BCUT2D eigenvalue weighted by atomic mass is 10.1. The molecule has 2 aliphatic heterocycles. The Hall–Kier alpha value is -3.28. The molecule has 2 aromatic rings. The molecule has 0 spiro atoms. The SMILES string of the molecule is CC(=O)Oc1ccc2c(c1C)OC(=Cc1ccc3c(c1)OCO3)C2=O. The maximum atomic E-state index is 12.6. The molecule has 2 aromatic carbocycles. The summed E-state index contributed by atoms with van der Waals surface area (Å²) in [5.74, 6) is 1.65. The number of hydrogen-bond donors (Lipinski definition) is 0. The van der Waals surface area contributed by atoms with E-state index in [0.717, 1.165) is 5.56 Å². The maximum Gasteiger partial charge on any atom is 0.308 e. The Labute approximate surface area is 143 Å². The molecule has 0 atom stereocenters. The Morgan fingerprint density at radius 2 is 1.96 bits per heavy atom. The van der Waals surface area contributed by atoms with Crippen LogP contribution in [0.2, 0.25) is 0 Å². The monoisotopic (exact) mass is 338 g/mol. The molecule has 0 bridgehead atoms. The lowest BCUT2D eigenvalue weighted by Gasteiger charge is -2.08. The predicted octanol–water partition coefficient (Wildman–Crippen LogP) is 3.27. The van der Waals surface area contributed by atoms with Gasteiger partial charge in [-0.3, -0.25) is 9.59 Å². The molecule has 0 saturated carbocycles. The zero-order chi connectivity index (χ0) is 17.6. The lowest BCUT2D eigenvalue weighted by Crippen LogP contribution is -2.03. The number of Topliss-reactive ketones (excluding diaryl/α,β-unsaturated/α-hetero) is 1. The molecule has 4 rings (SSSR count). The van der Waals surface area contributed by atoms with Gasteiger partial charge in [0.2, 0.25) is 12.6 Å². The van der Waals surface area contributed by atoms with Gasteiger partial charge < -0.3 is 18.9 Å². The van der Waals surface area contributed by atoms with E-state index < -0.39 is 5.97 Å². The van der Waals surface area contributed by atoms with E-state index in [1.54, 1.807) is 37.3 Å². The zero-order valence-corrected chi connectivity index (χ0v) is 13.6. The molecule has 6 nitrogen and oxygen atoms in total. The van der Waals surface area contributed by atoms with Gasteiger partial charge in [-0.05, 0) is 42.8 Å². The number of ketones is 1. The Kier molecular flexibility index (Phi) is 3.46. The Morgan fingerprint density at radius 1 is 1.16 bits per heavy atom. The Morgan fingerprint density at radius 3 is 2.76 bits per heavy atom. The molecule has 2 heterocycles. The third kappa shape index (κ3) is 2.61. The number of fused-ring (bicyclic) bond motifs is 2. The fourth-order valence-electron chi connectivity index (χ4n) is 2.79. The van der Waals surface area contributed by atoms with Crippen molar-refractivity contribution in [3.8, 4) is 23.0 Å². The molecule has 0 aromatic heterocycles. The van der Waals surface area contributed by atoms with E-state index in [2.05, 4.69) is 0 Å². The van der Waals surface area contributed by atoms with Crippen molar-refractivity contribution >= 4 is 17.8 Å². The van der Waals surface area contributed by atoms with E-state index in [1.807, 2.05) is 6.07 Å². The first-order valence-corrected chi connectivity index (χ1v) is 7.69. The quantitative estimate of drug-likeness (QED) is 0.475. The molecule has 126 valence electrons. The minimum absolute atomic E-state index is 0.189. The van der Waals surface area contributed by atoms with Crippen molar-refractivity contribution in [2.75, 3.05) is 6.79 Å². The summed E-state index contributed by atoms with van der Waals surface area (Å²) in [6.45, 7) is 3.26. The minimum Gasteiger partial charge on any atom is -0.454 e. The second kappa shape index (κ2) is 5.66. The van der Waals surface area contributed by atoms with Crippen molar-refractivity contribution in [3.63, 3.8) is 0 Å². The van der Waals surface area contributed by atoms with Gasteiger partial charge in [0.15, 0.2) is 17.3 Å². The summed E-state index contributed by atoms with van der Waals surface area (Å²) in [6.07, 6.45) is 1.65. The van der Waals surface area contributed by atoms with Crippen LogP contribution in [0.5, 0.6) is 23.0 Å². The van der Waals surface area contributed by atoms with Gasteiger partial charge in [-0.25, -0.2) is 0 Å². The summed E-state index contributed by atoms with van der Waals surface area (Å²) < 4.78 is 21.5. The van der Waals surface area contributed by atoms with Crippen molar-refractivity contribution in [3.05, 3.63) is 52.8 Å². The van der Waals surface area contributed by atoms with E-state index in [0.29, 0.717) is 34.1 Å². The van der Waals surface area contributed by atoms with Crippen LogP contribution in [0, 0.1) is 6.92 Å². The van der Waals surface area contributed by atoms with Crippen LogP contribution in [-0.2, 0) is 4.79 Å². The standard InChI is InChI=1S/C19H14O6/c1-10-14(24-11(2)20)6-4-13-18(21)17(25-19(10)13)8-12-3-5-15-16(7-12)23-9-22-15/h3-8H,9H2,1-2H3. The van der Waals surface area contributed by atoms with Gasteiger partial charge in [0.05, 0.1) is 5.56 Å². The number of hydrogen-bond acceptors (Lipinski definition) is 6. The van der Waals surface area contributed by atoms with Gasteiger partial charge >= 0.3 is 5.97 Å². The molecule has 6 heteroatoms. The van der Waals surface area contributed by atoms with Crippen LogP contribution in [-0.4, -0.2) is 18.5 Å². The van der Waals surface area contributed by atoms with Gasteiger partial charge in [-0.15, -0.1) is 0 Å². The molecule has 0 saturated heterocycles. The smallest absolute Gasteiger partial charge is 0.308 e. The van der Waals surface area contributed by atoms with Crippen LogP contribution in [0.4, 0.5) is 0 Å². The van der Waals surface area contributed by atoms with Gasteiger partial charge in [0, 0.05) is 12.5 Å². The molecule has 0 unspecified atom stereocenters. The van der Waals surface area contributed by atoms with Gasteiger partial charge in [-0.2, -0.15) is 0 Å². The largest absolute Gasteiger partial charge is 0.454 e. The molecular formula is C19H14O6. The number of benzene rings is 2. The molecule has 0 fully saturated rings. The Balaban J connectivity index is 1.68. The number of rotatable bonds is 2. The molecular weight excluding hydrogens is 324 g/mol. The van der Waals surface area contributed by atoms with E-state index in [1.165, 1.54) is 6.92 Å². The van der Waals surface area contributed by atoms with Gasteiger partial charge in [-0.1, -0.05) is 6.07 Å². The van der Waals surface area contributed by atoms with Crippen LogP contribution in [0.15, 0.2) is 36.1 Å². The van der Waals surface area contributed by atoms with Gasteiger partial charge in [0.25, 0.3) is 0 Å². The highest BCUT2D eigenvalue weighted by Crippen LogP contribution is 2.40. The fraction of sp³-hybridized carbons (Fsp3) is 0.158. The number of carbonyl (C=O) groups is 2. The van der Waals surface area contributed by atoms with Gasteiger partial charge in [0.1, 0.15) is 11.5 Å². The van der Waals surface area contributed by atoms with Crippen LogP contribution < -0.4 is 18.9 Å². The third-order valence-electron chi connectivity index (χ3n) is 3.98. The topological polar surface area (TPSA) is 71.1 Å². The van der Waals surface area contributed by atoms with Crippen LogP contribution in [0.3, 0.4) is 0 Å². The molecule has 0 radical (unpaired) electrons. The average molecular weight is 338 g/mol. The molecule has 0 amide bonds. The summed E-state index contributed by atoms with van der Waals surface area (Å²) in [4.78, 5) is 23.7. The summed E-state index contributed by atoms with van der Waals surface area (Å²) in [6, 6.07) is 8.58. The zero-order valence-electron chi connectivity index (χ0n) is 13.6. The van der Waals surface area contributed by atoms with Crippen LogP contribution in [0.25, 0.3) is 6.08 Å². The van der Waals surface area contributed by atoms with Crippen molar-refractivity contribution < 1.29 is 28.5 Å². The van der Waals surface area contributed by atoms with Crippen molar-refractivity contribution in [1.82, 2.24) is 0 Å². The molecule has 0 aliphatic carbocycles. The lowest BCUT2D eigenvalue weighted by molar-refractivity contribution is -0.131.